The van der Waals surface area contributed by atoms with Crippen LogP contribution in [0, 0.1) is 0 Å². The number of benzene rings is 1. The largest absolute Gasteiger partial charge is 0.497 e. The summed E-state index contributed by atoms with van der Waals surface area (Å²) in [6.45, 7) is 1.43. The molecule has 0 saturated carbocycles. The molecule has 23 heavy (non-hydrogen) atoms. The first-order valence-corrected chi connectivity index (χ1v) is 7.70. The molecule has 0 fully saturated rings. The minimum Gasteiger partial charge on any atom is -0.497 e. The fourth-order valence-electron chi connectivity index (χ4n) is 2.65. The van der Waals surface area contributed by atoms with Crippen LogP contribution in [0.4, 0.5) is 0 Å². The summed E-state index contributed by atoms with van der Waals surface area (Å²) in [5, 5.41) is 0. The maximum absolute atomic E-state index is 6.03. The summed E-state index contributed by atoms with van der Waals surface area (Å²) in [7, 11) is 5.40. The number of hydrogen-bond donors (Lipinski definition) is 1. The second kappa shape index (κ2) is 8.50. The Hall–Kier alpha value is -2.11. The highest BCUT2D eigenvalue weighted by atomic mass is 16.5. The van der Waals surface area contributed by atoms with Crippen molar-refractivity contribution in [1.82, 2.24) is 9.88 Å². The molecule has 5 nitrogen and oxygen atoms in total. The van der Waals surface area contributed by atoms with Gasteiger partial charge in [0.15, 0.2) is 0 Å². The number of aromatic nitrogens is 1. The molecule has 0 bridgehead atoms. The number of nitrogens with zero attached hydrogens (tertiary/aromatic N) is 2. The molecule has 2 rings (SSSR count). The minimum absolute atomic E-state index is 0.0951. The summed E-state index contributed by atoms with van der Waals surface area (Å²) in [6.07, 6.45) is 4.60. The van der Waals surface area contributed by atoms with E-state index < -0.39 is 0 Å². The van der Waals surface area contributed by atoms with Gasteiger partial charge < -0.3 is 15.2 Å². The van der Waals surface area contributed by atoms with Crippen LogP contribution in [-0.4, -0.2) is 44.2 Å². The summed E-state index contributed by atoms with van der Waals surface area (Å²) in [5.41, 5.74) is 8.38. The summed E-state index contributed by atoms with van der Waals surface area (Å²) < 4.78 is 10.8. The first kappa shape index (κ1) is 17.2. The molecular formula is C18H25N3O2. The molecule has 1 aromatic heterocycles. The fourth-order valence-corrected chi connectivity index (χ4v) is 2.65. The lowest BCUT2D eigenvalue weighted by atomic mass is 10.0. The van der Waals surface area contributed by atoms with Gasteiger partial charge in [0.2, 0.25) is 0 Å². The first-order chi connectivity index (χ1) is 11.2. The normalized spacial score (nSPS) is 12.2. The third-order valence-electron chi connectivity index (χ3n) is 4.06. The Morgan fingerprint density at radius 3 is 2.48 bits per heavy atom. The van der Waals surface area contributed by atoms with E-state index in [1.165, 1.54) is 5.56 Å². The van der Waals surface area contributed by atoms with Gasteiger partial charge in [0, 0.05) is 37.1 Å². The smallest absolute Gasteiger partial charge is 0.127 e. The molecule has 0 radical (unpaired) electrons. The average molecular weight is 315 g/mol. The quantitative estimate of drug-likeness (QED) is 0.810. The molecule has 0 aliphatic heterocycles. The van der Waals surface area contributed by atoms with Crippen LogP contribution in [0.5, 0.6) is 11.5 Å². The van der Waals surface area contributed by atoms with Crippen molar-refractivity contribution in [3.8, 4) is 11.5 Å². The zero-order valence-corrected chi connectivity index (χ0v) is 14.0. The zero-order chi connectivity index (χ0) is 16.7. The highest BCUT2D eigenvalue weighted by Crippen LogP contribution is 2.31. The lowest BCUT2D eigenvalue weighted by Gasteiger charge is -2.28. The van der Waals surface area contributed by atoms with Crippen LogP contribution in [0.3, 0.4) is 0 Å². The topological polar surface area (TPSA) is 60.6 Å². The molecule has 0 saturated heterocycles. The minimum atomic E-state index is 0.0951. The molecule has 1 heterocycles. The highest BCUT2D eigenvalue weighted by molar-refractivity contribution is 5.42. The predicted molar refractivity (Wildman–Crippen MR) is 91.9 cm³/mol. The van der Waals surface area contributed by atoms with Gasteiger partial charge in [-0.2, -0.15) is 0 Å². The van der Waals surface area contributed by atoms with Gasteiger partial charge >= 0.3 is 0 Å². The van der Waals surface area contributed by atoms with E-state index in [2.05, 4.69) is 16.9 Å². The number of methoxy groups -OCH3 is 2. The van der Waals surface area contributed by atoms with Gasteiger partial charge in [-0.1, -0.05) is 6.07 Å². The van der Waals surface area contributed by atoms with Gasteiger partial charge in [0.1, 0.15) is 11.5 Å². The molecule has 1 aromatic carbocycles. The van der Waals surface area contributed by atoms with Crippen molar-refractivity contribution < 1.29 is 9.47 Å². The standard InChI is InChI=1S/C18H25N3O2/c1-21(11-8-14-6-9-20-10-7-14)17(13-19)16-5-4-15(22-2)12-18(16)23-3/h4-7,9-10,12,17H,8,11,13,19H2,1-3H3. The van der Waals surface area contributed by atoms with Crippen molar-refractivity contribution in [1.29, 1.82) is 0 Å². The van der Waals surface area contributed by atoms with Gasteiger partial charge in [-0.05, 0) is 37.2 Å². The van der Waals surface area contributed by atoms with E-state index in [1.807, 2.05) is 42.7 Å². The van der Waals surface area contributed by atoms with Crippen LogP contribution in [0.25, 0.3) is 0 Å². The lowest BCUT2D eigenvalue weighted by molar-refractivity contribution is 0.246. The Balaban J connectivity index is 2.12. The molecule has 1 unspecified atom stereocenters. The van der Waals surface area contributed by atoms with E-state index in [0.717, 1.165) is 30.0 Å². The summed E-state index contributed by atoms with van der Waals surface area (Å²) in [4.78, 5) is 6.30. The lowest BCUT2D eigenvalue weighted by Crippen LogP contribution is -2.32. The van der Waals surface area contributed by atoms with Gasteiger partial charge in [-0.3, -0.25) is 9.88 Å². The fraction of sp³-hybridized carbons (Fsp3) is 0.389. The number of rotatable bonds is 8. The van der Waals surface area contributed by atoms with Crippen LogP contribution in [0.15, 0.2) is 42.7 Å². The van der Waals surface area contributed by atoms with Crippen molar-refractivity contribution in [3.05, 3.63) is 53.9 Å². The molecule has 0 aliphatic rings. The Morgan fingerprint density at radius 1 is 1.13 bits per heavy atom. The molecule has 0 amide bonds. The number of nitrogens with two attached hydrogens (primary N) is 1. The summed E-state index contributed by atoms with van der Waals surface area (Å²) >= 11 is 0. The predicted octanol–water partition coefficient (Wildman–Crippen LogP) is 2.27. The summed E-state index contributed by atoms with van der Waals surface area (Å²) in [5.74, 6) is 1.58. The van der Waals surface area contributed by atoms with Crippen molar-refractivity contribution in [2.45, 2.75) is 12.5 Å². The van der Waals surface area contributed by atoms with Gasteiger partial charge in [0.25, 0.3) is 0 Å². The van der Waals surface area contributed by atoms with E-state index in [0.29, 0.717) is 6.54 Å². The van der Waals surface area contributed by atoms with E-state index in [1.54, 1.807) is 14.2 Å². The third-order valence-corrected chi connectivity index (χ3v) is 4.06. The van der Waals surface area contributed by atoms with Gasteiger partial charge in [-0.25, -0.2) is 0 Å². The molecule has 124 valence electrons. The summed E-state index contributed by atoms with van der Waals surface area (Å²) in [6, 6.07) is 10.0. The second-order valence-corrected chi connectivity index (χ2v) is 5.45. The highest BCUT2D eigenvalue weighted by Gasteiger charge is 2.19. The van der Waals surface area contributed by atoms with E-state index in [9.17, 15) is 0 Å². The van der Waals surface area contributed by atoms with E-state index >= 15 is 0 Å². The maximum Gasteiger partial charge on any atom is 0.127 e. The Morgan fingerprint density at radius 2 is 1.87 bits per heavy atom. The Labute approximate surface area is 138 Å². The maximum atomic E-state index is 6.03. The van der Waals surface area contributed by atoms with Crippen molar-refractivity contribution in [2.24, 2.45) is 5.73 Å². The monoisotopic (exact) mass is 315 g/mol. The molecule has 0 aliphatic carbocycles. The average Bonchev–Trinajstić information content (AvgIpc) is 2.61. The molecule has 2 N–H and O–H groups in total. The Kier molecular flexibility index (Phi) is 6.38. The zero-order valence-electron chi connectivity index (χ0n) is 14.0. The molecule has 2 aromatic rings. The van der Waals surface area contributed by atoms with Crippen LogP contribution < -0.4 is 15.2 Å². The molecular weight excluding hydrogens is 290 g/mol. The van der Waals surface area contributed by atoms with E-state index in [4.69, 9.17) is 15.2 Å². The number of hydrogen-bond acceptors (Lipinski definition) is 5. The van der Waals surface area contributed by atoms with Crippen LogP contribution in [0.2, 0.25) is 0 Å². The van der Waals surface area contributed by atoms with E-state index in [-0.39, 0.29) is 6.04 Å². The SMILES string of the molecule is COc1ccc(C(CN)N(C)CCc2ccncc2)c(OC)c1. The van der Waals surface area contributed by atoms with Gasteiger partial charge in [-0.15, -0.1) is 0 Å². The van der Waals surface area contributed by atoms with Gasteiger partial charge in [0.05, 0.1) is 20.3 Å². The first-order valence-electron chi connectivity index (χ1n) is 7.70. The number of pyridine rings is 1. The number of ether oxygens (including phenoxy) is 2. The molecule has 5 heteroatoms. The molecule has 0 spiro atoms. The second-order valence-electron chi connectivity index (χ2n) is 5.45. The molecule has 1 atom stereocenters. The van der Waals surface area contributed by atoms with Crippen LogP contribution in [0.1, 0.15) is 17.2 Å². The van der Waals surface area contributed by atoms with Crippen molar-refractivity contribution >= 4 is 0 Å². The van der Waals surface area contributed by atoms with Crippen molar-refractivity contribution in [3.63, 3.8) is 0 Å². The third kappa shape index (κ3) is 4.43. The van der Waals surface area contributed by atoms with Crippen LogP contribution >= 0.6 is 0 Å². The van der Waals surface area contributed by atoms with Crippen LogP contribution in [-0.2, 0) is 6.42 Å². The number of likely N-dealkylation sites (N-methyl/N-ethyl adjacent to an activating group) is 1. The Bertz CT molecular complexity index is 604. The van der Waals surface area contributed by atoms with Crippen molar-refractivity contribution in [2.75, 3.05) is 34.4 Å².